The normalized spacial score (nSPS) is 10.3. The standard InChI is InChI=1S/C14H14BrN3OS/c1-3-20-14-16-8-11(15)12(18-14)13(19)17-10-6-4-5-9(2)7-10/h4-8H,3H2,1-2H3,(H,17,19). The lowest BCUT2D eigenvalue weighted by Gasteiger charge is -2.07. The number of anilines is 1. The largest absolute Gasteiger partial charge is 0.321 e. The molecule has 2 rings (SSSR count). The molecule has 0 aliphatic heterocycles. The molecule has 0 aliphatic carbocycles. The van der Waals surface area contributed by atoms with Gasteiger partial charge in [0.15, 0.2) is 5.16 Å². The third-order valence-electron chi connectivity index (χ3n) is 2.49. The Morgan fingerprint density at radius 1 is 1.45 bits per heavy atom. The van der Waals surface area contributed by atoms with Crippen LogP contribution in [0.3, 0.4) is 0 Å². The van der Waals surface area contributed by atoms with Gasteiger partial charge in [-0.2, -0.15) is 0 Å². The Labute approximate surface area is 130 Å². The number of nitrogens with one attached hydrogen (secondary N) is 1. The minimum Gasteiger partial charge on any atom is -0.321 e. The summed E-state index contributed by atoms with van der Waals surface area (Å²) >= 11 is 4.82. The summed E-state index contributed by atoms with van der Waals surface area (Å²) in [5.74, 6) is 0.614. The van der Waals surface area contributed by atoms with Gasteiger partial charge in [-0.3, -0.25) is 4.79 Å². The molecule has 0 unspecified atom stereocenters. The monoisotopic (exact) mass is 351 g/mol. The molecule has 104 valence electrons. The number of hydrogen-bond donors (Lipinski definition) is 1. The van der Waals surface area contributed by atoms with Gasteiger partial charge in [-0.05, 0) is 46.3 Å². The molecule has 6 heteroatoms. The Kier molecular flexibility index (Phi) is 5.14. The smallest absolute Gasteiger partial charge is 0.275 e. The van der Waals surface area contributed by atoms with Gasteiger partial charge in [0.25, 0.3) is 5.91 Å². The minimum absolute atomic E-state index is 0.247. The summed E-state index contributed by atoms with van der Waals surface area (Å²) in [5, 5.41) is 3.44. The zero-order valence-electron chi connectivity index (χ0n) is 11.2. The Balaban J connectivity index is 2.22. The molecule has 0 fully saturated rings. The van der Waals surface area contributed by atoms with Gasteiger partial charge in [0.2, 0.25) is 0 Å². The predicted octanol–water partition coefficient (Wildman–Crippen LogP) is 3.91. The summed E-state index contributed by atoms with van der Waals surface area (Å²) in [6.07, 6.45) is 1.61. The van der Waals surface area contributed by atoms with Crippen molar-refractivity contribution in [3.8, 4) is 0 Å². The summed E-state index contributed by atoms with van der Waals surface area (Å²) in [6, 6.07) is 7.64. The van der Waals surface area contributed by atoms with Crippen molar-refractivity contribution in [1.29, 1.82) is 0 Å². The van der Waals surface area contributed by atoms with E-state index in [1.807, 2.05) is 38.1 Å². The summed E-state index contributed by atoms with van der Waals surface area (Å²) in [7, 11) is 0. The quantitative estimate of drug-likeness (QED) is 0.670. The Morgan fingerprint density at radius 2 is 2.25 bits per heavy atom. The molecule has 1 aromatic carbocycles. The van der Waals surface area contributed by atoms with Crippen molar-refractivity contribution >= 4 is 39.3 Å². The molecule has 0 aliphatic rings. The molecular weight excluding hydrogens is 338 g/mol. The molecular formula is C14H14BrN3OS. The molecule has 1 aromatic heterocycles. The van der Waals surface area contributed by atoms with Crippen LogP contribution in [0, 0.1) is 6.92 Å². The van der Waals surface area contributed by atoms with Gasteiger partial charge >= 0.3 is 0 Å². The zero-order chi connectivity index (χ0) is 14.5. The van der Waals surface area contributed by atoms with Gasteiger partial charge in [-0.1, -0.05) is 30.8 Å². The number of nitrogens with zero attached hydrogens (tertiary/aromatic N) is 2. The third-order valence-corrected chi connectivity index (χ3v) is 3.81. The van der Waals surface area contributed by atoms with Gasteiger partial charge in [-0.15, -0.1) is 0 Å². The number of amides is 1. The predicted molar refractivity (Wildman–Crippen MR) is 85.3 cm³/mol. The van der Waals surface area contributed by atoms with E-state index in [0.29, 0.717) is 15.3 Å². The molecule has 20 heavy (non-hydrogen) atoms. The average molecular weight is 352 g/mol. The maximum absolute atomic E-state index is 12.3. The van der Waals surface area contributed by atoms with Gasteiger partial charge in [0.1, 0.15) is 5.69 Å². The van der Waals surface area contributed by atoms with Crippen molar-refractivity contribution < 1.29 is 4.79 Å². The van der Waals surface area contributed by atoms with Crippen molar-refractivity contribution in [1.82, 2.24) is 9.97 Å². The number of thioether (sulfide) groups is 1. The van der Waals surface area contributed by atoms with Crippen LogP contribution in [0.5, 0.6) is 0 Å². The van der Waals surface area contributed by atoms with E-state index >= 15 is 0 Å². The van der Waals surface area contributed by atoms with Crippen LogP contribution in [-0.2, 0) is 0 Å². The van der Waals surface area contributed by atoms with Crippen molar-refractivity contribution in [2.45, 2.75) is 19.0 Å². The van der Waals surface area contributed by atoms with Crippen LogP contribution in [0.4, 0.5) is 5.69 Å². The number of carbonyl (C=O) groups excluding carboxylic acids is 1. The van der Waals surface area contributed by atoms with Crippen LogP contribution < -0.4 is 5.32 Å². The van der Waals surface area contributed by atoms with E-state index in [4.69, 9.17) is 0 Å². The zero-order valence-corrected chi connectivity index (χ0v) is 13.6. The molecule has 0 saturated carbocycles. The van der Waals surface area contributed by atoms with Crippen molar-refractivity contribution in [2.75, 3.05) is 11.1 Å². The van der Waals surface area contributed by atoms with Crippen LogP contribution >= 0.6 is 27.7 Å². The highest BCUT2D eigenvalue weighted by atomic mass is 79.9. The first-order valence-electron chi connectivity index (χ1n) is 6.13. The SMILES string of the molecule is CCSc1ncc(Br)c(C(=O)Nc2cccc(C)c2)n1. The summed E-state index contributed by atoms with van der Waals surface area (Å²) < 4.78 is 0.586. The lowest BCUT2D eigenvalue weighted by molar-refractivity contribution is 0.102. The van der Waals surface area contributed by atoms with Crippen LogP contribution in [0.1, 0.15) is 23.0 Å². The first-order valence-corrected chi connectivity index (χ1v) is 7.91. The number of benzene rings is 1. The van der Waals surface area contributed by atoms with E-state index in [-0.39, 0.29) is 5.91 Å². The van der Waals surface area contributed by atoms with Gasteiger partial charge in [0, 0.05) is 11.9 Å². The second kappa shape index (κ2) is 6.85. The van der Waals surface area contributed by atoms with E-state index in [0.717, 1.165) is 17.0 Å². The Morgan fingerprint density at radius 3 is 2.95 bits per heavy atom. The molecule has 0 radical (unpaired) electrons. The maximum Gasteiger partial charge on any atom is 0.275 e. The Bertz CT molecular complexity index is 634. The van der Waals surface area contributed by atoms with Crippen LogP contribution in [0.15, 0.2) is 40.1 Å². The molecule has 4 nitrogen and oxygen atoms in total. The van der Waals surface area contributed by atoms with E-state index in [1.165, 1.54) is 11.8 Å². The molecule has 0 spiro atoms. The average Bonchev–Trinajstić information content (AvgIpc) is 2.41. The second-order valence-electron chi connectivity index (χ2n) is 4.11. The maximum atomic E-state index is 12.3. The molecule has 1 N–H and O–H groups in total. The van der Waals surface area contributed by atoms with E-state index < -0.39 is 0 Å². The number of aromatic nitrogens is 2. The van der Waals surface area contributed by atoms with Gasteiger partial charge < -0.3 is 5.32 Å². The molecule has 1 amide bonds. The molecule has 0 bridgehead atoms. The van der Waals surface area contributed by atoms with Crippen LogP contribution in [-0.4, -0.2) is 21.6 Å². The van der Waals surface area contributed by atoms with Crippen molar-refractivity contribution in [2.24, 2.45) is 0 Å². The van der Waals surface area contributed by atoms with Crippen molar-refractivity contribution in [3.05, 3.63) is 46.2 Å². The Hall–Kier alpha value is -1.40. The molecule has 1 heterocycles. The fourth-order valence-corrected chi connectivity index (χ4v) is 2.53. The number of hydrogen-bond acceptors (Lipinski definition) is 4. The number of halogens is 1. The van der Waals surface area contributed by atoms with Crippen molar-refractivity contribution in [3.63, 3.8) is 0 Å². The summed E-state index contributed by atoms with van der Waals surface area (Å²) in [6.45, 7) is 3.99. The topological polar surface area (TPSA) is 54.9 Å². The van der Waals surface area contributed by atoms with E-state index in [9.17, 15) is 4.79 Å². The molecule has 2 aromatic rings. The van der Waals surface area contributed by atoms with Gasteiger partial charge in [-0.25, -0.2) is 9.97 Å². The molecule has 0 saturated heterocycles. The minimum atomic E-state index is -0.247. The number of aryl methyl sites for hydroxylation is 1. The lowest BCUT2D eigenvalue weighted by Crippen LogP contribution is -2.15. The summed E-state index contributed by atoms with van der Waals surface area (Å²) in [5.41, 5.74) is 2.19. The highest BCUT2D eigenvalue weighted by Gasteiger charge is 2.14. The molecule has 0 atom stereocenters. The lowest BCUT2D eigenvalue weighted by atomic mass is 10.2. The first-order chi connectivity index (χ1) is 9.60. The fourth-order valence-electron chi connectivity index (χ4n) is 1.62. The number of rotatable bonds is 4. The first kappa shape index (κ1) is 15.0. The van der Waals surface area contributed by atoms with E-state index in [2.05, 4.69) is 31.2 Å². The number of carbonyl (C=O) groups is 1. The fraction of sp³-hybridized carbons (Fsp3) is 0.214. The van der Waals surface area contributed by atoms with Crippen LogP contribution in [0.2, 0.25) is 0 Å². The van der Waals surface area contributed by atoms with E-state index in [1.54, 1.807) is 6.20 Å². The second-order valence-corrected chi connectivity index (χ2v) is 6.19. The third kappa shape index (κ3) is 3.80. The summed E-state index contributed by atoms with van der Waals surface area (Å²) in [4.78, 5) is 20.7. The van der Waals surface area contributed by atoms with Crippen LogP contribution in [0.25, 0.3) is 0 Å². The highest BCUT2D eigenvalue weighted by Crippen LogP contribution is 2.20. The highest BCUT2D eigenvalue weighted by molar-refractivity contribution is 9.10. The van der Waals surface area contributed by atoms with Gasteiger partial charge in [0.05, 0.1) is 4.47 Å².